The van der Waals surface area contributed by atoms with Crippen LogP contribution in [0.1, 0.15) is 37.4 Å². The SMILES string of the molecule is O=C1c2ccccc2C(=O)c2cc(CC3S(=O)(=O)OCCOS3(=O)=O)ccc21. The number of hydrogen-bond donors (Lipinski definition) is 0. The van der Waals surface area contributed by atoms with Crippen LogP contribution in [0.2, 0.25) is 0 Å². The van der Waals surface area contributed by atoms with Crippen molar-refractivity contribution in [3.63, 3.8) is 0 Å². The van der Waals surface area contributed by atoms with Gasteiger partial charge < -0.3 is 0 Å². The molecule has 1 aliphatic heterocycles. The second-order valence-electron chi connectivity index (χ2n) is 6.35. The summed E-state index contributed by atoms with van der Waals surface area (Å²) >= 11 is 0. The molecule has 8 nitrogen and oxygen atoms in total. The van der Waals surface area contributed by atoms with Crippen LogP contribution >= 0.6 is 0 Å². The van der Waals surface area contributed by atoms with Crippen LogP contribution in [0.25, 0.3) is 0 Å². The molecule has 1 saturated heterocycles. The van der Waals surface area contributed by atoms with Crippen molar-refractivity contribution in [2.45, 2.75) is 11.0 Å². The van der Waals surface area contributed by atoms with Crippen molar-refractivity contribution in [3.05, 3.63) is 70.3 Å². The lowest BCUT2D eigenvalue weighted by Crippen LogP contribution is -2.32. The van der Waals surface area contributed by atoms with Gasteiger partial charge in [0.1, 0.15) is 0 Å². The Balaban J connectivity index is 1.76. The average Bonchev–Trinajstić information content (AvgIpc) is 2.76. The van der Waals surface area contributed by atoms with Gasteiger partial charge in [-0.15, -0.1) is 0 Å². The molecule has 0 amide bonds. The lowest BCUT2D eigenvalue weighted by Gasteiger charge is -2.19. The van der Waals surface area contributed by atoms with Crippen LogP contribution in [0.15, 0.2) is 42.5 Å². The Labute approximate surface area is 161 Å². The Morgan fingerprint density at radius 3 is 1.82 bits per heavy atom. The van der Waals surface area contributed by atoms with Crippen LogP contribution in [0.5, 0.6) is 0 Å². The summed E-state index contributed by atoms with van der Waals surface area (Å²) in [6.07, 6.45) is -0.471. The minimum atomic E-state index is -4.42. The molecule has 2 aromatic rings. The van der Waals surface area contributed by atoms with Gasteiger partial charge in [-0.05, 0) is 11.6 Å². The van der Waals surface area contributed by atoms with E-state index in [9.17, 15) is 26.4 Å². The summed E-state index contributed by atoms with van der Waals surface area (Å²) in [5.41, 5.74) is 1.09. The number of fused-ring (bicyclic) bond motifs is 2. The number of rotatable bonds is 2. The van der Waals surface area contributed by atoms with Gasteiger partial charge in [0.05, 0.1) is 13.2 Å². The first-order valence-electron chi connectivity index (χ1n) is 8.28. The molecule has 4 rings (SSSR count). The zero-order valence-electron chi connectivity index (χ0n) is 14.3. The summed E-state index contributed by atoms with van der Waals surface area (Å²) < 4.78 is 56.1. The van der Waals surface area contributed by atoms with E-state index in [4.69, 9.17) is 0 Å². The van der Waals surface area contributed by atoms with Gasteiger partial charge in [0, 0.05) is 28.7 Å². The molecular formula is C18H14O8S2. The van der Waals surface area contributed by atoms with E-state index in [1.165, 1.54) is 24.3 Å². The highest BCUT2D eigenvalue weighted by Crippen LogP contribution is 2.29. The first kappa shape index (κ1) is 18.9. The van der Waals surface area contributed by atoms with Crippen LogP contribution in [-0.2, 0) is 35.0 Å². The lowest BCUT2D eigenvalue weighted by atomic mass is 9.83. The zero-order valence-corrected chi connectivity index (χ0v) is 16.0. The molecule has 1 heterocycles. The van der Waals surface area contributed by atoms with E-state index in [-0.39, 0.29) is 33.8 Å². The number of carbonyl (C=O) groups excluding carboxylic acids is 2. The van der Waals surface area contributed by atoms with E-state index >= 15 is 0 Å². The molecule has 0 radical (unpaired) electrons. The third kappa shape index (κ3) is 3.08. The van der Waals surface area contributed by atoms with Crippen molar-refractivity contribution in [1.29, 1.82) is 0 Å². The van der Waals surface area contributed by atoms with Gasteiger partial charge in [-0.1, -0.05) is 36.4 Å². The number of hydrogen-bond acceptors (Lipinski definition) is 8. The number of ketones is 2. The van der Waals surface area contributed by atoms with E-state index in [0.29, 0.717) is 5.56 Å². The molecule has 0 unspecified atom stereocenters. The van der Waals surface area contributed by atoms with E-state index in [0.717, 1.165) is 0 Å². The standard InChI is InChI=1S/C18H14O8S2/c19-17-12-3-1-2-4-13(12)18(20)15-9-11(5-6-14(15)17)10-16-27(21,22)25-7-8-26-28(16,23)24/h1-6,9,16H,7-8,10H2. The Hall–Kier alpha value is -2.40. The van der Waals surface area contributed by atoms with Gasteiger partial charge >= 0.3 is 0 Å². The highest BCUT2D eigenvalue weighted by atomic mass is 32.3. The second-order valence-corrected chi connectivity index (χ2v) is 10.2. The average molecular weight is 422 g/mol. The fraction of sp³-hybridized carbons (Fsp3) is 0.222. The molecular weight excluding hydrogens is 408 g/mol. The molecule has 2 aliphatic rings. The smallest absolute Gasteiger partial charge is 0.287 e. The lowest BCUT2D eigenvalue weighted by molar-refractivity contribution is 0.0979. The first-order chi connectivity index (χ1) is 13.2. The summed E-state index contributed by atoms with van der Waals surface area (Å²) in [4.78, 5) is 25.4. The van der Waals surface area contributed by atoms with Crippen molar-refractivity contribution in [2.75, 3.05) is 13.2 Å². The molecule has 1 aliphatic carbocycles. The summed E-state index contributed by atoms with van der Waals surface area (Å²) in [6.45, 7) is -0.794. The maximum Gasteiger partial charge on any atom is 0.287 e. The Kier molecular flexibility index (Phi) is 4.46. The monoisotopic (exact) mass is 422 g/mol. The minimum absolute atomic E-state index is 0.103. The van der Waals surface area contributed by atoms with Crippen molar-refractivity contribution in [1.82, 2.24) is 0 Å². The van der Waals surface area contributed by atoms with E-state index < -0.39 is 44.5 Å². The van der Waals surface area contributed by atoms with Gasteiger partial charge in [-0.3, -0.25) is 18.0 Å². The molecule has 2 aromatic carbocycles. The van der Waals surface area contributed by atoms with Crippen LogP contribution in [-0.4, -0.2) is 46.2 Å². The third-order valence-electron chi connectivity index (χ3n) is 4.61. The molecule has 0 N–H and O–H groups in total. The van der Waals surface area contributed by atoms with Crippen molar-refractivity contribution in [2.24, 2.45) is 0 Å². The minimum Gasteiger partial charge on any atom is -0.289 e. The van der Waals surface area contributed by atoms with Gasteiger partial charge in [0.2, 0.25) is 4.58 Å². The van der Waals surface area contributed by atoms with Crippen LogP contribution in [0.4, 0.5) is 0 Å². The van der Waals surface area contributed by atoms with Crippen LogP contribution in [0, 0.1) is 0 Å². The van der Waals surface area contributed by atoms with E-state index in [1.54, 1.807) is 18.2 Å². The van der Waals surface area contributed by atoms with E-state index in [1.807, 2.05) is 0 Å². The molecule has 0 saturated carbocycles. The van der Waals surface area contributed by atoms with E-state index in [2.05, 4.69) is 8.37 Å². The van der Waals surface area contributed by atoms with Crippen molar-refractivity contribution < 1.29 is 34.8 Å². The third-order valence-corrected chi connectivity index (χ3v) is 8.64. The van der Waals surface area contributed by atoms with Crippen molar-refractivity contribution in [3.8, 4) is 0 Å². The molecule has 1 fully saturated rings. The zero-order chi connectivity index (χ0) is 20.1. The predicted octanol–water partition coefficient (Wildman–Crippen LogP) is 1.04. The summed E-state index contributed by atoms with van der Waals surface area (Å²) in [5.74, 6) is -0.704. The molecule has 10 heteroatoms. The fourth-order valence-electron chi connectivity index (χ4n) is 3.27. The molecule has 0 atom stereocenters. The Morgan fingerprint density at radius 1 is 0.750 bits per heavy atom. The summed E-state index contributed by atoms with van der Waals surface area (Å²) in [6, 6.07) is 10.6. The molecule has 0 bridgehead atoms. The molecule has 146 valence electrons. The molecule has 0 spiro atoms. The largest absolute Gasteiger partial charge is 0.289 e. The number of benzene rings is 2. The topological polar surface area (TPSA) is 121 Å². The van der Waals surface area contributed by atoms with Gasteiger partial charge in [-0.2, -0.15) is 16.8 Å². The van der Waals surface area contributed by atoms with Crippen LogP contribution < -0.4 is 0 Å². The van der Waals surface area contributed by atoms with Crippen LogP contribution in [0.3, 0.4) is 0 Å². The highest BCUT2D eigenvalue weighted by molar-refractivity contribution is 8.04. The maximum absolute atomic E-state index is 12.8. The Bertz CT molecular complexity index is 1180. The second kappa shape index (κ2) is 6.59. The predicted molar refractivity (Wildman–Crippen MR) is 97.0 cm³/mol. The Morgan fingerprint density at radius 2 is 1.25 bits per heavy atom. The molecule has 28 heavy (non-hydrogen) atoms. The summed E-state index contributed by atoms with van der Waals surface area (Å²) in [7, 11) is -8.85. The van der Waals surface area contributed by atoms with Gasteiger partial charge in [-0.25, -0.2) is 0 Å². The first-order valence-corrected chi connectivity index (χ1v) is 11.2. The number of carbonyl (C=O) groups is 2. The fourth-order valence-corrected chi connectivity index (χ4v) is 6.45. The van der Waals surface area contributed by atoms with Crippen molar-refractivity contribution >= 4 is 31.8 Å². The van der Waals surface area contributed by atoms with Gasteiger partial charge in [0.15, 0.2) is 11.6 Å². The summed E-state index contributed by atoms with van der Waals surface area (Å²) in [5, 5.41) is 0. The van der Waals surface area contributed by atoms with Gasteiger partial charge in [0.25, 0.3) is 20.2 Å². The normalized spacial score (nSPS) is 20.9. The quantitative estimate of drug-likeness (QED) is 0.562. The highest BCUT2D eigenvalue weighted by Gasteiger charge is 2.42. The maximum atomic E-state index is 12.8. The molecule has 0 aromatic heterocycles.